The van der Waals surface area contributed by atoms with Gasteiger partial charge in [0.25, 0.3) is 0 Å². The molecule has 1 spiro atoms. The molecule has 2 aliphatic rings. The Kier molecular flexibility index (Phi) is 4.65. The number of fused-ring (bicyclic) bond motifs is 6. The zero-order valence-electron chi connectivity index (χ0n) is 20.2. The number of carbonyl (C=O) groups excluding carboxylic acids is 1. The van der Waals surface area contributed by atoms with E-state index < -0.39 is 5.60 Å². The number of benzene rings is 4. The summed E-state index contributed by atoms with van der Waals surface area (Å²) >= 11 is 0. The summed E-state index contributed by atoms with van der Waals surface area (Å²) in [5.41, 5.74) is 7.51. The number of esters is 1. The summed E-state index contributed by atoms with van der Waals surface area (Å²) in [6.07, 6.45) is 0. The van der Waals surface area contributed by atoms with Gasteiger partial charge >= 0.3 is 5.97 Å². The minimum Gasteiger partial charge on any atom is -0.456 e. The number of rotatable bonds is 3. The molecule has 4 aromatic carbocycles. The Labute approximate surface area is 204 Å². The van der Waals surface area contributed by atoms with Gasteiger partial charge in [0, 0.05) is 47.8 Å². The highest BCUT2D eigenvalue weighted by atomic mass is 16.6. The summed E-state index contributed by atoms with van der Waals surface area (Å²) < 4.78 is 12.5. The van der Waals surface area contributed by atoms with Crippen LogP contribution in [0.4, 0.5) is 17.1 Å². The predicted molar refractivity (Wildman–Crippen MR) is 138 cm³/mol. The van der Waals surface area contributed by atoms with Crippen LogP contribution in [0.25, 0.3) is 0 Å². The Hall–Kier alpha value is -4.25. The normalized spacial score (nSPS) is 17.2. The van der Waals surface area contributed by atoms with Gasteiger partial charge in [0.15, 0.2) is 5.60 Å². The first-order chi connectivity index (χ1) is 16.9. The molecule has 0 bridgehead atoms. The average molecular weight is 463 g/mol. The van der Waals surface area contributed by atoms with E-state index in [1.54, 1.807) is 0 Å². The van der Waals surface area contributed by atoms with Gasteiger partial charge in [-0.15, -0.1) is 0 Å². The minimum absolute atomic E-state index is 0.327. The molecule has 4 aromatic rings. The van der Waals surface area contributed by atoms with E-state index in [0.29, 0.717) is 17.1 Å². The smallest absolute Gasteiger partial charge is 0.340 e. The lowest BCUT2D eigenvalue weighted by Gasteiger charge is -2.36. The largest absolute Gasteiger partial charge is 0.456 e. The van der Waals surface area contributed by atoms with Gasteiger partial charge in [-0.3, -0.25) is 0 Å². The van der Waals surface area contributed by atoms with Crippen LogP contribution in [0.15, 0.2) is 78.9 Å². The summed E-state index contributed by atoms with van der Waals surface area (Å²) in [5.74, 6) is 1.04. The van der Waals surface area contributed by atoms with E-state index in [2.05, 4.69) is 50.3 Å². The third-order valence-corrected chi connectivity index (χ3v) is 7.14. The van der Waals surface area contributed by atoms with E-state index in [-0.39, 0.29) is 5.97 Å². The molecule has 0 saturated carbocycles. The number of carbonyl (C=O) groups is 1. The Morgan fingerprint density at radius 3 is 2.29 bits per heavy atom. The van der Waals surface area contributed by atoms with Crippen molar-refractivity contribution in [1.82, 2.24) is 0 Å². The Morgan fingerprint density at radius 1 is 0.771 bits per heavy atom. The van der Waals surface area contributed by atoms with Crippen LogP contribution in [0, 0.1) is 13.8 Å². The molecule has 5 nitrogen and oxygen atoms in total. The molecule has 35 heavy (non-hydrogen) atoms. The molecule has 1 unspecified atom stereocenters. The maximum atomic E-state index is 13.0. The van der Waals surface area contributed by atoms with Crippen molar-refractivity contribution >= 4 is 23.0 Å². The SMILES string of the molecule is Cc1c(Nc2ccc3c(c2)C2(OC(=O)c4ccccc42)c2ccccc2O3)ccc(N(C)C)c1C. The van der Waals surface area contributed by atoms with E-state index in [9.17, 15) is 4.79 Å². The third-order valence-electron chi connectivity index (χ3n) is 7.14. The third kappa shape index (κ3) is 3.04. The highest BCUT2D eigenvalue weighted by Gasteiger charge is 2.53. The first kappa shape index (κ1) is 21.3. The molecule has 174 valence electrons. The molecule has 1 atom stereocenters. The van der Waals surface area contributed by atoms with Crippen LogP contribution in [0.2, 0.25) is 0 Å². The Morgan fingerprint density at radius 2 is 1.49 bits per heavy atom. The van der Waals surface area contributed by atoms with E-state index >= 15 is 0 Å². The molecule has 0 fully saturated rings. The number of hydrogen-bond acceptors (Lipinski definition) is 5. The monoisotopic (exact) mass is 462 g/mol. The van der Waals surface area contributed by atoms with Gasteiger partial charge in [0.2, 0.25) is 0 Å². The molecule has 0 saturated heterocycles. The molecule has 0 radical (unpaired) electrons. The molecule has 6 rings (SSSR count). The van der Waals surface area contributed by atoms with Crippen LogP contribution < -0.4 is 15.0 Å². The molecule has 0 amide bonds. The fourth-order valence-corrected chi connectivity index (χ4v) is 5.28. The Balaban J connectivity index is 1.51. The standard InChI is InChI=1S/C30H26N2O3/c1-18-19(2)26(32(3)4)15-14-25(18)31-20-13-16-28-24(17-20)30(23-11-7-8-12-27(23)34-28)22-10-6-5-9-21(22)29(33)35-30/h5-17,31H,1-4H3. The molecular weight excluding hydrogens is 436 g/mol. The van der Waals surface area contributed by atoms with Crippen molar-refractivity contribution in [1.29, 1.82) is 0 Å². The van der Waals surface area contributed by atoms with Crippen LogP contribution in [0.3, 0.4) is 0 Å². The van der Waals surface area contributed by atoms with E-state index in [1.165, 1.54) is 16.8 Å². The van der Waals surface area contributed by atoms with Crippen molar-refractivity contribution in [2.75, 3.05) is 24.3 Å². The molecule has 5 heteroatoms. The molecule has 0 aliphatic carbocycles. The number of nitrogens with zero attached hydrogens (tertiary/aromatic N) is 1. The lowest BCUT2D eigenvalue weighted by molar-refractivity contribution is 0.0224. The number of ether oxygens (including phenoxy) is 2. The molecular formula is C30H26N2O3. The highest BCUT2D eigenvalue weighted by molar-refractivity contribution is 5.97. The fourth-order valence-electron chi connectivity index (χ4n) is 5.28. The number of para-hydroxylation sites is 1. The Bertz CT molecular complexity index is 1510. The van der Waals surface area contributed by atoms with Crippen LogP contribution in [-0.2, 0) is 10.3 Å². The van der Waals surface area contributed by atoms with Crippen LogP contribution in [0.5, 0.6) is 11.5 Å². The fraction of sp³-hybridized carbons (Fsp3) is 0.167. The van der Waals surface area contributed by atoms with Gasteiger partial charge in [0.05, 0.1) is 5.56 Å². The van der Waals surface area contributed by atoms with Crippen molar-refractivity contribution in [3.63, 3.8) is 0 Å². The minimum atomic E-state index is -1.06. The average Bonchev–Trinajstić information content (AvgIpc) is 3.15. The number of nitrogens with one attached hydrogen (secondary N) is 1. The van der Waals surface area contributed by atoms with Gasteiger partial charge in [-0.05, 0) is 67.4 Å². The quantitative estimate of drug-likeness (QED) is 0.344. The summed E-state index contributed by atoms with van der Waals surface area (Å²) in [5, 5.41) is 3.58. The van der Waals surface area contributed by atoms with E-state index in [0.717, 1.165) is 28.1 Å². The second-order valence-corrected chi connectivity index (χ2v) is 9.33. The number of hydrogen-bond donors (Lipinski definition) is 1. The molecule has 2 aliphatic heterocycles. The van der Waals surface area contributed by atoms with Crippen molar-refractivity contribution in [3.05, 3.63) is 112 Å². The van der Waals surface area contributed by atoms with E-state index in [4.69, 9.17) is 9.47 Å². The predicted octanol–water partition coefficient (Wildman–Crippen LogP) is 6.68. The lowest BCUT2D eigenvalue weighted by Crippen LogP contribution is -2.33. The molecule has 0 aromatic heterocycles. The second kappa shape index (κ2) is 7.64. The van der Waals surface area contributed by atoms with Crippen LogP contribution in [-0.4, -0.2) is 20.1 Å². The molecule has 2 heterocycles. The first-order valence-corrected chi connectivity index (χ1v) is 11.7. The molecule has 1 N–H and O–H groups in total. The van der Waals surface area contributed by atoms with Gasteiger partial charge in [-0.25, -0.2) is 4.79 Å². The van der Waals surface area contributed by atoms with Crippen molar-refractivity contribution in [2.24, 2.45) is 0 Å². The summed E-state index contributed by atoms with van der Waals surface area (Å²) in [7, 11) is 4.10. The van der Waals surface area contributed by atoms with Gasteiger partial charge in [-0.2, -0.15) is 0 Å². The van der Waals surface area contributed by atoms with Crippen molar-refractivity contribution < 1.29 is 14.3 Å². The van der Waals surface area contributed by atoms with Crippen LogP contribution >= 0.6 is 0 Å². The van der Waals surface area contributed by atoms with Crippen molar-refractivity contribution in [2.45, 2.75) is 19.4 Å². The maximum absolute atomic E-state index is 13.0. The summed E-state index contributed by atoms with van der Waals surface area (Å²) in [6, 6.07) is 25.6. The number of anilines is 3. The lowest BCUT2D eigenvalue weighted by atomic mass is 9.77. The van der Waals surface area contributed by atoms with Crippen LogP contribution in [0.1, 0.15) is 38.2 Å². The topological polar surface area (TPSA) is 50.8 Å². The van der Waals surface area contributed by atoms with Gasteiger partial charge in [0.1, 0.15) is 11.5 Å². The summed E-state index contributed by atoms with van der Waals surface area (Å²) in [6.45, 7) is 4.26. The van der Waals surface area contributed by atoms with Crippen molar-refractivity contribution in [3.8, 4) is 11.5 Å². The second-order valence-electron chi connectivity index (χ2n) is 9.33. The zero-order valence-corrected chi connectivity index (χ0v) is 20.2. The maximum Gasteiger partial charge on any atom is 0.340 e. The van der Waals surface area contributed by atoms with Gasteiger partial charge < -0.3 is 19.7 Å². The first-order valence-electron chi connectivity index (χ1n) is 11.7. The highest BCUT2D eigenvalue weighted by Crippen LogP contribution is 2.56. The summed E-state index contributed by atoms with van der Waals surface area (Å²) in [4.78, 5) is 15.1. The van der Waals surface area contributed by atoms with E-state index in [1.807, 2.05) is 66.7 Å². The zero-order chi connectivity index (χ0) is 24.3. The van der Waals surface area contributed by atoms with Gasteiger partial charge in [-0.1, -0.05) is 36.4 Å².